The number of nitrogens with zero attached hydrogens (tertiary/aromatic N) is 1. The molecule has 5 nitrogen and oxygen atoms in total. The SMILES string of the molecule is COC(=O)c1cc(NC(=O)C2CCCN(Cc3c(Cl)cccc3Cl)C2)ccc1Cl. The number of piperidine rings is 1. The van der Waals surface area contributed by atoms with Crippen LogP contribution in [0.25, 0.3) is 0 Å². The maximum Gasteiger partial charge on any atom is 0.339 e. The van der Waals surface area contributed by atoms with E-state index in [1.807, 2.05) is 18.2 Å². The van der Waals surface area contributed by atoms with Gasteiger partial charge in [-0.1, -0.05) is 40.9 Å². The highest BCUT2D eigenvalue weighted by molar-refractivity contribution is 6.36. The van der Waals surface area contributed by atoms with Gasteiger partial charge >= 0.3 is 5.97 Å². The summed E-state index contributed by atoms with van der Waals surface area (Å²) in [7, 11) is 1.28. The lowest BCUT2D eigenvalue weighted by Crippen LogP contribution is -2.40. The number of amides is 1. The van der Waals surface area contributed by atoms with Crippen molar-refractivity contribution in [3.05, 3.63) is 62.6 Å². The van der Waals surface area contributed by atoms with Crippen LogP contribution in [0.15, 0.2) is 36.4 Å². The number of carbonyl (C=O) groups excluding carboxylic acids is 2. The third kappa shape index (κ3) is 5.43. The van der Waals surface area contributed by atoms with Crippen molar-refractivity contribution in [2.45, 2.75) is 19.4 Å². The molecule has 0 spiro atoms. The average Bonchev–Trinajstić information content (AvgIpc) is 2.72. The highest BCUT2D eigenvalue weighted by atomic mass is 35.5. The minimum Gasteiger partial charge on any atom is -0.465 e. The van der Waals surface area contributed by atoms with Gasteiger partial charge in [-0.05, 0) is 49.7 Å². The van der Waals surface area contributed by atoms with Crippen LogP contribution < -0.4 is 5.32 Å². The van der Waals surface area contributed by atoms with E-state index in [4.69, 9.17) is 39.5 Å². The lowest BCUT2D eigenvalue weighted by molar-refractivity contribution is -0.121. The number of methoxy groups -OCH3 is 1. The van der Waals surface area contributed by atoms with E-state index < -0.39 is 5.97 Å². The van der Waals surface area contributed by atoms with Crippen molar-refractivity contribution in [1.29, 1.82) is 0 Å². The first-order valence-electron chi connectivity index (χ1n) is 9.23. The summed E-state index contributed by atoms with van der Waals surface area (Å²) in [5, 5.41) is 4.41. The van der Waals surface area contributed by atoms with Gasteiger partial charge in [0.15, 0.2) is 0 Å². The molecule has 0 saturated carbocycles. The third-order valence-electron chi connectivity index (χ3n) is 4.96. The Balaban J connectivity index is 1.66. The molecule has 29 heavy (non-hydrogen) atoms. The molecule has 3 rings (SSSR count). The van der Waals surface area contributed by atoms with E-state index in [9.17, 15) is 9.59 Å². The number of halogens is 3. The molecular weight excluding hydrogens is 435 g/mol. The number of carbonyl (C=O) groups is 2. The number of ether oxygens (including phenoxy) is 1. The highest BCUT2D eigenvalue weighted by Crippen LogP contribution is 2.28. The second kappa shape index (κ2) is 9.81. The molecule has 1 unspecified atom stereocenters. The summed E-state index contributed by atoms with van der Waals surface area (Å²) in [6, 6.07) is 10.2. The normalized spacial score (nSPS) is 17.0. The molecule has 1 heterocycles. The number of benzene rings is 2. The molecule has 1 N–H and O–H groups in total. The van der Waals surface area contributed by atoms with Gasteiger partial charge in [-0.25, -0.2) is 4.79 Å². The molecule has 1 atom stereocenters. The van der Waals surface area contributed by atoms with Gasteiger partial charge in [-0.2, -0.15) is 0 Å². The summed E-state index contributed by atoms with van der Waals surface area (Å²) < 4.78 is 4.72. The first kappa shape index (κ1) is 21.9. The number of esters is 1. The lowest BCUT2D eigenvalue weighted by Gasteiger charge is -2.32. The number of nitrogens with one attached hydrogen (secondary N) is 1. The van der Waals surface area contributed by atoms with Gasteiger partial charge in [0.1, 0.15) is 0 Å². The van der Waals surface area contributed by atoms with Crippen LogP contribution in [0.4, 0.5) is 5.69 Å². The smallest absolute Gasteiger partial charge is 0.339 e. The molecule has 1 saturated heterocycles. The molecule has 154 valence electrons. The van der Waals surface area contributed by atoms with Crippen LogP contribution in [-0.4, -0.2) is 37.0 Å². The molecule has 2 aromatic rings. The van der Waals surface area contributed by atoms with E-state index in [0.29, 0.717) is 28.8 Å². The fraction of sp³-hybridized carbons (Fsp3) is 0.333. The van der Waals surface area contributed by atoms with Gasteiger partial charge in [0.2, 0.25) is 5.91 Å². The van der Waals surface area contributed by atoms with Crippen LogP contribution in [0, 0.1) is 5.92 Å². The predicted octanol–water partition coefficient (Wildman–Crippen LogP) is 5.28. The lowest BCUT2D eigenvalue weighted by atomic mass is 9.96. The first-order chi connectivity index (χ1) is 13.9. The van der Waals surface area contributed by atoms with E-state index in [2.05, 4.69) is 10.2 Å². The van der Waals surface area contributed by atoms with Crippen LogP contribution in [-0.2, 0) is 16.1 Å². The van der Waals surface area contributed by atoms with Crippen LogP contribution in [0.1, 0.15) is 28.8 Å². The summed E-state index contributed by atoms with van der Waals surface area (Å²) in [4.78, 5) is 26.8. The van der Waals surface area contributed by atoms with Crippen LogP contribution in [0.3, 0.4) is 0 Å². The number of hydrogen-bond donors (Lipinski definition) is 1. The summed E-state index contributed by atoms with van der Waals surface area (Å²) in [5.41, 5.74) is 1.59. The van der Waals surface area contributed by atoms with Crippen molar-refractivity contribution in [1.82, 2.24) is 4.90 Å². The van der Waals surface area contributed by atoms with Crippen LogP contribution in [0.5, 0.6) is 0 Å². The molecule has 0 bridgehead atoms. The van der Waals surface area contributed by atoms with Crippen LogP contribution >= 0.6 is 34.8 Å². The van der Waals surface area contributed by atoms with Crippen molar-refractivity contribution in [2.75, 3.05) is 25.5 Å². The second-order valence-electron chi connectivity index (χ2n) is 6.95. The van der Waals surface area contributed by atoms with Gasteiger partial charge in [-0.3, -0.25) is 9.69 Å². The van der Waals surface area contributed by atoms with E-state index in [1.165, 1.54) is 13.2 Å². The van der Waals surface area contributed by atoms with Crippen molar-refractivity contribution < 1.29 is 14.3 Å². The van der Waals surface area contributed by atoms with Gasteiger partial charge in [-0.15, -0.1) is 0 Å². The summed E-state index contributed by atoms with van der Waals surface area (Å²) in [5.74, 6) is -0.827. The molecule has 1 aliphatic heterocycles. The second-order valence-corrected chi connectivity index (χ2v) is 8.17. The summed E-state index contributed by atoms with van der Waals surface area (Å²) in [6.45, 7) is 2.07. The standard InChI is InChI=1S/C21H21Cl3N2O3/c1-29-21(28)15-10-14(7-8-19(15)24)25-20(27)13-4-3-9-26(11-13)12-16-17(22)5-2-6-18(16)23/h2,5-8,10,13H,3-4,9,11-12H2,1H3,(H,25,27). The monoisotopic (exact) mass is 454 g/mol. The Labute approximate surface area is 184 Å². The largest absolute Gasteiger partial charge is 0.465 e. The Morgan fingerprint density at radius 3 is 2.55 bits per heavy atom. The molecule has 2 aromatic carbocycles. The molecule has 1 aliphatic rings. The van der Waals surface area contributed by atoms with Gasteiger partial charge in [0.25, 0.3) is 0 Å². The van der Waals surface area contributed by atoms with Gasteiger partial charge in [0, 0.05) is 34.4 Å². The Morgan fingerprint density at radius 1 is 1.14 bits per heavy atom. The van der Waals surface area contributed by atoms with Crippen molar-refractivity contribution >= 4 is 52.4 Å². The minimum atomic E-state index is -0.549. The zero-order valence-corrected chi connectivity index (χ0v) is 18.2. The number of likely N-dealkylation sites (tertiary alicyclic amines) is 1. The predicted molar refractivity (Wildman–Crippen MR) is 116 cm³/mol. The third-order valence-corrected chi connectivity index (χ3v) is 6.00. The van der Waals surface area contributed by atoms with Crippen molar-refractivity contribution in [3.63, 3.8) is 0 Å². The summed E-state index contributed by atoms with van der Waals surface area (Å²) >= 11 is 18.6. The van der Waals surface area contributed by atoms with Crippen molar-refractivity contribution in [3.8, 4) is 0 Å². The molecule has 0 radical (unpaired) electrons. The Morgan fingerprint density at radius 2 is 1.86 bits per heavy atom. The van der Waals surface area contributed by atoms with E-state index in [0.717, 1.165) is 24.9 Å². The minimum absolute atomic E-state index is 0.0990. The Bertz CT molecular complexity index is 900. The number of rotatable bonds is 5. The maximum absolute atomic E-state index is 12.8. The van der Waals surface area contributed by atoms with Crippen molar-refractivity contribution in [2.24, 2.45) is 5.92 Å². The summed E-state index contributed by atoms with van der Waals surface area (Å²) in [6.07, 6.45) is 1.68. The maximum atomic E-state index is 12.8. The quantitative estimate of drug-likeness (QED) is 0.623. The first-order valence-corrected chi connectivity index (χ1v) is 10.4. The van der Waals surface area contributed by atoms with Gasteiger partial charge in [0.05, 0.1) is 23.6 Å². The highest BCUT2D eigenvalue weighted by Gasteiger charge is 2.27. The Kier molecular flexibility index (Phi) is 7.41. The number of hydrogen-bond acceptors (Lipinski definition) is 4. The molecular formula is C21H21Cl3N2O3. The molecule has 8 heteroatoms. The molecule has 0 aliphatic carbocycles. The molecule has 1 fully saturated rings. The van der Waals surface area contributed by atoms with E-state index in [1.54, 1.807) is 12.1 Å². The zero-order chi connectivity index (χ0) is 21.0. The topological polar surface area (TPSA) is 58.6 Å². The fourth-order valence-electron chi connectivity index (χ4n) is 3.43. The van der Waals surface area contributed by atoms with Crippen LogP contribution in [0.2, 0.25) is 15.1 Å². The molecule has 1 amide bonds. The van der Waals surface area contributed by atoms with Gasteiger partial charge < -0.3 is 10.1 Å². The fourth-order valence-corrected chi connectivity index (χ4v) is 4.15. The average molecular weight is 456 g/mol. The molecule has 0 aromatic heterocycles. The zero-order valence-electron chi connectivity index (χ0n) is 15.9. The van der Waals surface area contributed by atoms with E-state index in [-0.39, 0.29) is 22.4 Å². The Hall–Kier alpha value is -1.79. The number of anilines is 1. The van der Waals surface area contributed by atoms with E-state index >= 15 is 0 Å².